The van der Waals surface area contributed by atoms with Crippen LogP contribution >= 0.6 is 0 Å². The van der Waals surface area contributed by atoms with Crippen LogP contribution in [-0.2, 0) is 16.1 Å². The number of carbonyl (C=O) groups excluding carboxylic acids is 4. The van der Waals surface area contributed by atoms with Gasteiger partial charge in [-0.2, -0.15) is 0 Å². The van der Waals surface area contributed by atoms with Crippen LogP contribution in [0, 0.1) is 0 Å². The highest BCUT2D eigenvalue weighted by molar-refractivity contribution is 6.21. The Morgan fingerprint density at radius 3 is 2.22 bits per heavy atom. The Kier molecular flexibility index (Phi) is 8.50. The molecule has 0 radical (unpaired) electrons. The molecule has 4 amide bonds. The van der Waals surface area contributed by atoms with E-state index in [4.69, 9.17) is 4.74 Å². The average molecular weight is 494 g/mol. The first-order valence-corrected chi connectivity index (χ1v) is 12.3. The van der Waals surface area contributed by atoms with Gasteiger partial charge in [0.1, 0.15) is 11.8 Å². The maximum absolute atomic E-state index is 13.5. The van der Waals surface area contributed by atoms with Crippen molar-refractivity contribution in [3.05, 3.63) is 65.2 Å². The molecule has 3 rings (SSSR count). The highest BCUT2D eigenvalue weighted by Crippen LogP contribution is 2.23. The number of amides is 4. The molecule has 1 heterocycles. The Bertz CT molecular complexity index is 1100. The van der Waals surface area contributed by atoms with Crippen LogP contribution in [0.1, 0.15) is 73.2 Å². The summed E-state index contributed by atoms with van der Waals surface area (Å²) in [5.41, 5.74) is 1.17. The first-order valence-electron chi connectivity index (χ1n) is 12.3. The van der Waals surface area contributed by atoms with Crippen molar-refractivity contribution in [1.82, 2.24) is 15.1 Å². The number of carbonyl (C=O) groups is 4. The molecule has 0 bridgehead atoms. The van der Waals surface area contributed by atoms with Gasteiger partial charge in [0.05, 0.1) is 18.2 Å². The first-order chi connectivity index (χ1) is 17.1. The molecule has 8 nitrogen and oxygen atoms in total. The van der Waals surface area contributed by atoms with Crippen molar-refractivity contribution < 1.29 is 23.9 Å². The topological polar surface area (TPSA) is 96.0 Å². The number of hydrogen-bond donors (Lipinski definition) is 1. The van der Waals surface area contributed by atoms with Crippen LogP contribution in [0.15, 0.2) is 48.5 Å². The van der Waals surface area contributed by atoms with Gasteiger partial charge < -0.3 is 15.0 Å². The van der Waals surface area contributed by atoms with Crippen LogP contribution in [0.25, 0.3) is 0 Å². The number of rotatable bonds is 10. The summed E-state index contributed by atoms with van der Waals surface area (Å²) in [6.45, 7) is 7.93. The lowest BCUT2D eigenvalue weighted by Crippen LogP contribution is -2.53. The molecule has 1 N–H and O–H groups in total. The van der Waals surface area contributed by atoms with Crippen molar-refractivity contribution in [3.8, 4) is 5.75 Å². The van der Waals surface area contributed by atoms with Crippen molar-refractivity contribution in [3.63, 3.8) is 0 Å². The monoisotopic (exact) mass is 493 g/mol. The minimum atomic E-state index is -0.665. The summed E-state index contributed by atoms with van der Waals surface area (Å²) in [7, 11) is 1.58. The van der Waals surface area contributed by atoms with Crippen LogP contribution in [0.5, 0.6) is 5.75 Å². The maximum Gasteiger partial charge on any atom is 0.261 e. The summed E-state index contributed by atoms with van der Waals surface area (Å²) in [5, 5.41) is 2.98. The van der Waals surface area contributed by atoms with Gasteiger partial charge in [-0.15, -0.1) is 0 Å². The average Bonchev–Trinajstić information content (AvgIpc) is 3.08. The van der Waals surface area contributed by atoms with Gasteiger partial charge in [-0.3, -0.25) is 24.1 Å². The molecule has 0 unspecified atom stereocenters. The first kappa shape index (κ1) is 26.9. The lowest BCUT2D eigenvalue weighted by molar-refractivity contribution is -0.142. The number of benzene rings is 2. The molecule has 0 spiro atoms. The smallest absolute Gasteiger partial charge is 0.261 e. The minimum absolute atomic E-state index is 0.0939. The normalized spacial score (nSPS) is 13.9. The highest BCUT2D eigenvalue weighted by Gasteiger charge is 2.35. The number of methoxy groups -OCH3 is 1. The van der Waals surface area contributed by atoms with E-state index in [2.05, 4.69) is 5.32 Å². The van der Waals surface area contributed by atoms with Gasteiger partial charge in [0, 0.05) is 25.0 Å². The van der Waals surface area contributed by atoms with Crippen molar-refractivity contribution in [2.45, 2.75) is 65.1 Å². The fourth-order valence-corrected chi connectivity index (χ4v) is 4.31. The molecule has 8 heteroatoms. The summed E-state index contributed by atoms with van der Waals surface area (Å²) < 4.78 is 5.31. The Morgan fingerprint density at radius 2 is 1.67 bits per heavy atom. The molecule has 2 aromatic rings. The summed E-state index contributed by atoms with van der Waals surface area (Å²) in [6, 6.07) is 13.4. The number of nitrogens with one attached hydrogen (secondary N) is 1. The summed E-state index contributed by atoms with van der Waals surface area (Å²) in [4.78, 5) is 54.6. The Hall–Kier alpha value is -3.68. The molecule has 2 aromatic carbocycles. The molecule has 1 aliphatic heterocycles. The third-order valence-corrected chi connectivity index (χ3v) is 6.02. The van der Waals surface area contributed by atoms with Gasteiger partial charge in [0.15, 0.2) is 0 Å². The second-order valence-electron chi connectivity index (χ2n) is 9.95. The van der Waals surface area contributed by atoms with Crippen molar-refractivity contribution in [2.24, 2.45) is 0 Å². The predicted octanol–water partition coefficient (Wildman–Crippen LogP) is 3.79. The molecule has 1 aliphatic rings. The Labute approximate surface area is 212 Å². The number of nitrogens with zero attached hydrogens (tertiary/aromatic N) is 2. The van der Waals surface area contributed by atoms with E-state index in [1.807, 2.05) is 52.0 Å². The molecule has 0 saturated heterocycles. The Balaban J connectivity index is 1.74. The lowest BCUT2D eigenvalue weighted by atomic mass is 10.0. The summed E-state index contributed by atoms with van der Waals surface area (Å²) >= 11 is 0. The van der Waals surface area contributed by atoms with E-state index >= 15 is 0 Å². The second kappa shape index (κ2) is 11.4. The largest absolute Gasteiger partial charge is 0.497 e. The molecular formula is C28H35N3O5. The van der Waals surface area contributed by atoms with Gasteiger partial charge in [-0.05, 0) is 63.4 Å². The van der Waals surface area contributed by atoms with E-state index in [1.54, 1.807) is 36.3 Å². The van der Waals surface area contributed by atoms with Gasteiger partial charge in [-0.1, -0.05) is 31.2 Å². The fraction of sp³-hybridized carbons (Fsp3) is 0.429. The second-order valence-corrected chi connectivity index (χ2v) is 9.95. The summed E-state index contributed by atoms with van der Waals surface area (Å²) in [5.74, 6) is -0.454. The van der Waals surface area contributed by atoms with Crippen LogP contribution in [0.2, 0.25) is 0 Å². The third kappa shape index (κ3) is 6.30. The van der Waals surface area contributed by atoms with Crippen LogP contribution < -0.4 is 10.1 Å². The summed E-state index contributed by atoms with van der Waals surface area (Å²) in [6.07, 6.45) is 0.836. The van der Waals surface area contributed by atoms with Gasteiger partial charge in [0.2, 0.25) is 11.8 Å². The predicted molar refractivity (Wildman–Crippen MR) is 137 cm³/mol. The van der Waals surface area contributed by atoms with Crippen molar-refractivity contribution in [1.29, 1.82) is 0 Å². The molecular weight excluding hydrogens is 458 g/mol. The van der Waals surface area contributed by atoms with E-state index in [0.29, 0.717) is 29.7 Å². The van der Waals surface area contributed by atoms with Crippen LogP contribution in [-0.4, -0.2) is 58.7 Å². The van der Waals surface area contributed by atoms with Crippen LogP contribution in [0.4, 0.5) is 0 Å². The molecule has 192 valence electrons. The maximum atomic E-state index is 13.5. The van der Waals surface area contributed by atoms with Crippen LogP contribution in [0.3, 0.4) is 0 Å². The minimum Gasteiger partial charge on any atom is -0.497 e. The number of ether oxygens (including phenoxy) is 1. The molecule has 36 heavy (non-hydrogen) atoms. The van der Waals surface area contributed by atoms with Gasteiger partial charge in [0.25, 0.3) is 11.8 Å². The number of fused-ring (bicyclic) bond motifs is 1. The molecule has 0 aliphatic carbocycles. The number of imide groups is 1. The zero-order chi connectivity index (χ0) is 26.5. The van der Waals surface area contributed by atoms with Crippen molar-refractivity contribution >= 4 is 23.6 Å². The highest BCUT2D eigenvalue weighted by atomic mass is 16.5. The van der Waals surface area contributed by atoms with Gasteiger partial charge in [-0.25, -0.2) is 0 Å². The molecule has 1 atom stereocenters. The van der Waals surface area contributed by atoms with E-state index < -0.39 is 11.6 Å². The van der Waals surface area contributed by atoms with E-state index in [9.17, 15) is 19.2 Å². The third-order valence-electron chi connectivity index (χ3n) is 6.02. The molecule has 0 aromatic heterocycles. The van der Waals surface area contributed by atoms with Crippen molar-refractivity contribution in [2.75, 3.05) is 13.7 Å². The zero-order valence-corrected chi connectivity index (χ0v) is 21.7. The molecule has 0 saturated carbocycles. The SMILES string of the molecule is CC[C@H](C(=O)NC(C)(C)C)N(Cc1cccc(OC)c1)C(=O)CCCN1C(=O)c2ccccc2C1=O. The van der Waals surface area contributed by atoms with E-state index in [-0.39, 0.29) is 43.1 Å². The fourth-order valence-electron chi connectivity index (χ4n) is 4.31. The van der Waals surface area contributed by atoms with Gasteiger partial charge >= 0.3 is 0 Å². The van der Waals surface area contributed by atoms with E-state index in [1.165, 1.54) is 4.90 Å². The quantitative estimate of drug-likeness (QED) is 0.508. The standard InChI is InChI=1S/C28H35N3O5/c1-6-23(25(33)29-28(2,3)4)31(18-19-11-9-12-20(17-19)36-5)24(32)15-10-16-30-26(34)21-13-7-8-14-22(21)27(30)35/h7-9,11-14,17,23H,6,10,15-16,18H2,1-5H3,(H,29,33)/t23-/m1/s1. The van der Waals surface area contributed by atoms with E-state index in [0.717, 1.165) is 5.56 Å². The lowest BCUT2D eigenvalue weighted by Gasteiger charge is -2.33. The zero-order valence-electron chi connectivity index (χ0n) is 21.7. The molecule has 0 fully saturated rings. The Morgan fingerprint density at radius 1 is 1.03 bits per heavy atom. The number of hydrogen-bond acceptors (Lipinski definition) is 5.